The minimum Gasteiger partial charge on any atom is -0.453 e. The maximum absolute atomic E-state index is 6.50. The highest BCUT2D eigenvalue weighted by Gasteiger charge is 2.48. The van der Waals surface area contributed by atoms with E-state index >= 15 is 0 Å². The van der Waals surface area contributed by atoms with Gasteiger partial charge in [-0.05, 0) is 60.7 Å². The van der Waals surface area contributed by atoms with Crippen molar-refractivity contribution >= 4 is 23.2 Å². The summed E-state index contributed by atoms with van der Waals surface area (Å²) in [5.41, 5.74) is 1.08. The second kappa shape index (κ2) is 9.81. The standard InChI is InChI=1S/C30H25NOP/c1-4-15-26(16-5-1)32-29-21-10-11-22-30(29)33(27-17-6-2-7-18-27,28-19-8-3-9-20-28)24-25-14-12-13-23-31-25/h1-23H,24H2/q+1. The van der Waals surface area contributed by atoms with Gasteiger partial charge in [0.05, 0.1) is 5.69 Å². The largest absolute Gasteiger partial charge is 0.453 e. The molecule has 3 heteroatoms. The van der Waals surface area contributed by atoms with Crippen molar-refractivity contribution in [2.45, 2.75) is 6.16 Å². The van der Waals surface area contributed by atoms with Gasteiger partial charge in [0.1, 0.15) is 35.1 Å². The number of ether oxygens (including phenoxy) is 1. The molecule has 0 aliphatic carbocycles. The Kier molecular flexibility index (Phi) is 6.28. The average Bonchev–Trinajstić information content (AvgIpc) is 2.90. The number of aromatic nitrogens is 1. The lowest BCUT2D eigenvalue weighted by Crippen LogP contribution is -2.33. The molecular formula is C30H25NOP+. The Morgan fingerprint density at radius 3 is 1.70 bits per heavy atom. The Hall–Kier alpha value is -3.74. The van der Waals surface area contributed by atoms with Gasteiger partial charge in [0.2, 0.25) is 0 Å². The van der Waals surface area contributed by atoms with Gasteiger partial charge in [-0.2, -0.15) is 0 Å². The molecule has 0 unspecified atom stereocenters. The molecule has 0 radical (unpaired) electrons. The lowest BCUT2D eigenvalue weighted by atomic mass is 10.3. The zero-order valence-corrected chi connectivity index (χ0v) is 19.2. The fourth-order valence-electron chi connectivity index (χ4n) is 4.27. The summed E-state index contributed by atoms with van der Waals surface area (Å²) in [6.45, 7) is 0. The normalized spacial score (nSPS) is 11.2. The molecule has 2 nitrogen and oxygen atoms in total. The van der Waals surface area contributed by atoms with Crippen LogP contribution in [-0.4, -0.2) is 4.98 Å². The maximum atomic E-state index is 6.50. The van der Waals surface area contributed by atoms with Crippen molar-refractivity contribution in [2.24, 2.45) is 0 Å². The predicted octanol–water partition coefficient (Wildman–Crippen LogP) is 6.37. The van der Waals surface area contributed by atoms with E-state index in [1.807, 2.05) is 48.7 Å². The van der Waals surface area contributed by atoms with Crippen LogP contribution in [0.3, 0.4) is 0 Å². The van der Waals surface area contributed by atoms with Crippen LogP contribution in [0, 0.1) is 0 Å². The number of para-hydroxylation sites is 2. The first-order valence-electron chi connectivity index (χ1n) is 11.1. The third-order valence-electron chi connectivity index (χ3n) is 5.77. The molecule has 0 amide bonds. The molecule has 0 saturated heterocycles. The highest BCUT2D eigenvalue weighted by molar-refractivity contribution is 7.95. The van der Waals surface area contributed by atoms with E-state index in [0.717, 1.165) is 23.4 Å². The van der Waals surface area contributed by atoms with Gasteiger partial charge in [0.25, 0.3) is 0 Å². The molecule has 160 valence electrons. The van der Waals surface area contributed by atoms with Crippen molar-refractivity contribution < 1.29 is 4.74 Å². The van der Waals surface area contributed by atoms with Crippen molar-refractivity contribution in [3.8, 4) is 11.5 Å². The second-order valence-corrected chi connectivity index (χ2v) is 11.3. The summed E-state index contributed by atoms with van der Waals surface area (Å²) in [7, 11) is -2.14. The number of benzene rings is 4. The molecule has 1 aromatic heterocycles. The molecule has 0 bridgehead atoms. The molecule has 5 aromatic rings. The van der Waals surface area contributed by atoms with E-state index in [9.17, 15) is 0 Å². The molecule has 0 aliphatic heterocycles. The Morgan fingerprint density at radius 2 is 1.09 bits per heavy atom. The van der Waals surface area contributed by atoms with Crippen LogP contribution >= 0.6 is 7.26 Å². The van der Waals surface area contributed by atoms with Crippen LogP contribution in [0.2, 0.25) is 0 Å². The summed E-state index contributed by atoms with van der Waals surface area (Å²) in [5, 5.41) is 3.84. The van der Waals surface area contributed by atoms with Crippen molar-refractivity contribution in [3.63, 3.8) is 0 Å². The maximum Gasteiger partial charge on any atom is 0.170 e. The van der Waals surface area contributed by atoms with E-state index in [0.29, 0.717) is 0 Å². The van der Waals surface area contributed by atoms with Gasteiger partial charge in [-0.1, -0.05) is 72.8 Å². The van der Waals surface area contributed by atoms with Gasteiger partial charge in [0, 0.05) is 6.20 Å². The zero-order valence-electron chi connectivity index (χ0n) is 18.3. The molecule has 4 aromatic carbocycles. The van der Waals surface area contributed by atoms with Crippen LogP contribution in [0.25, 0.3) is 0 Å². The van der Waals surface area contributed by atoms with Crippen molar-refractivity contribution in [1.29, 1.82) is 0 Å². The number of rotatable bonds is 7. The Balaban J connectivity index is 1.78. The summed E-state index contributed by atoms with van der Waals surface area (Å²) >= 11 is 0. The summed E-state index contributed by atoms with van der Waals surface area (Å²) in [6, 6.07) is 46.4. The fraction of sp³-hybridized carbons (Fsp3) is 0.0333. The van der Waals surface area contributed by atoms with Crippen LogP contribution in [0.4, 0.5) is 0 Å². The molecule has 5 rings (SSSR count). The van der Waals surface area contributed by atoms with E-state index < -0.39 is 7.26 Å². The third-order valence-corrected chi connectivity index (χ3v) is 10.1. The first-order valence-corrected chi connectivity index (χ1v) is 13.1. The summed E-state index contributed by atoms with van der Waals surface area (Å²) < 4.78 is 6.50. The van der Waals surface area contributed by atoms with Crippen LogP contribution in [0.1, 0.15) is 5.69 Å². The summed E-state index contributed by atoms with van der Waals surface area (Å²) in [6.07, 6.45) is 2.70. The smallest absolute Gasteiger partial charge is 0.170 e. The van der Waals surface area contributed by atoms with Gasteiger partial charge in [-0.25, -0.2) is 0 Å². The molecule has 0 fully saturated rings. The topological polar surface area (TPSA) is 22.1 Å². The first kappa shape index (κ1) is 21.1. The van der Waals surface area contributed by atoms with Crippen molar-refractivity contribution in [3.05, 3.63) is 145 Å². The number of hydrogen-bond acceptors (Lipinski definition) is 2. The third kappa shape index (κ3) is 4.44. The highest BCUT2D eigenvalue weighted by atomic mass is 31.2. The number of hydrogen-bond donors (Lipinski definition) is 0. The SMILES string of the molecule is c1ccc(Oc2ccccc2[P+](Cc2ccccn2)(c2ccccc2)c2ccccc2)cc1. The Labute approximate surface area is 195 Å². The first-order chi connectivity index (χ1) is 16.4. The molecule has 0 saturated carbocycles. The molecule has 1 heterocycles. The lowest BCUT2D eigenvalue weighted by Gasteiger charge is -2.28. The van der Waals surface area contributed by atoms with E-state index in [2.05, 4.69) is 91.0 Å². The number of nitrogens with zero attached hydrogens (tertiary/aromatic N) is 1. The Bertz CT molecular complexity index is 1250. The zero-order chi connectivity index (χ0) is 22.3. The molecule has 0 atom stereocenters. The van der Waals surface area contributed by atoms with Gasteiger partial charge in [0.15, 0.2) is 5.75 Å². The average molecular weight is 447 g/mol. The van der Waals surface area contributed by atoms with E-state index in [-0.39, 0.29) is 0 Å². The second-order valence-electron chi connectivity index (χ2n) is 7.84. The fourth-order valence-corrected chi connectivity index (χ4v) is 8.53. The van der Waals surface area contributed by atoms with E-state index in [1.165, 1.54) is 15.9 Å². The van der Waals surface area contributed by atoms with E-state index in [1.54, 1.807) is 0 Å². The van der Waals surface area contributed by atoms with Gasteiger partial charge < -0.3 is 4.74 Å². The Morgan fingerprint density at radius 1 is 0.545 bits per heavy atom. The van der Waals surface area contributed by atoms with Crippen LogP contribution < -0.4 is 20.7 Å². The van der Waals surface area contributed by atoms with Crippen molar-refractivity contribution in [2.75, 3.05) is 0 Å². The minimum atomic E-state index is -2.14. The number of pyridine rings is 1. The molecule has 33 heavy (non-hydrogen) atoms. The molecule has 0 spiro atoms. The van der Waals surface area contributed by atoms with Crippen LogP contribution in [0.5, 0.6) is 11.5 Å². The lowest BCUT2D eigenvalue weighted by molar-refractivity contribution is 0.486. The minimum absolute atomic E-state index is 0.816. The highest BCUT2D eigenvalue weighted by Crippen LogP contribution is 2.59. The van der Waals surface area contributed by atoms with Crippen LogP contribution in [-0.2, 0) is 6.16 Å². The quantitative estimate of drug-likeness (QED) is 0.271. The molecule has 0 N–H and O–H groups in total. The van der Waals surface area contributed by atoms with Gasteiger partial charge in [-0.3, -0.25) is 4.98 Å². The predicted molar refractivity (Wildman–Crippen MR) is 140 cm³/mol. The van der Waals surface area contributed by atoms with Crippen molar-refractivity contribution in [1.82, 2.24) is 4.98 Å². The van der Waals surface area contributed by atoms with Crippen LogP contribution in [0.15, 0.2) is 140 Å². The summed E-state index contributed by atoms with van der Waals surface area (Å²) in [4.78, 5) is 4.74. The van der Waals surface area contributed by atoms with Gasteiger partial charge >= 0.3 is 0 Å². The monoisotopic (exact) mass is 446 g/mol. The van der Waals surface area contributed by atoms with E-state index in [4.69, 9.17) is 9.72 Å². The molecule has 0 aliphatic rings. The van der Waals surface area contributed by atoms with Gasteiger partial charge in [-0.15, -0.1) is 0 Å². The summed E-state index contributed by atoms with van der Waals surface area (Å²) in [5.74, 6) is 1.72. The molecular weight excluding hydrogens is 421 g/mol.